The molecule has 0 amide bonds. The molecule has 176 valence electrons. The van der Waals surface area contributed by atoms with Crippen LogP contribution in [0, 0.1) is 6.08 Å². The van der Waals surface area contributed by atoms with Gasteiger partial charge in [0.25, 0.3) is 0 Å². The van der Waals surface area contributed by atoms with Crippen LogP contribution in [0.2, 0.25) is 0 Å². The minimum Gasteiger partial charge on any atom is -0.126 e. The van der Waals surface area contributed by atoms with Crippen molar-refractivity contribution in [3.63, 3.8) is 0 Å². The standard InChI is InChI=1S/C13H9.C13H10.C9H13.Zr/c1-3-7-12-10(5-1)9-11-6-2-4-8-13(11)12;1-3-7-12(8-4-1)11-13-9-5-2-6-10-13;1-3-8-5-6-9(4-2)7-8;/h1-9H;1-10H;7H,3-5H2,1-2H3;/q-1;;-1;+2. The molecule has 0 saturated carbocycles. The van der Waals surface area contributed by atoms with Gasteiger partial charge in [0, 0.05) is 0 Å². The predicted molar refractivity (Wildman–Crippen MR) is 153 cm³/mol. The topological polar surface area (TPSA) is 0 Å². The molecule has 0 bridgehead atoms. The Bertz CT molecular complexity index is 1370. The van der Waals surface area contributed by atoms with Crippen LogP contribution in [-0.4, -0.2) is 3.21 Å². The van der Waals surface area contributed by atoms with Crippen LogP contribution in [-0.2, 0) is 24.2 Å². The molecule has 0 aromatic heterocycles. The van der Waals surface area contributed by atoms with Gasteiger partial charge < -0.3 is 0 Å². The first-order valence-corrected chi connectivity index (χ1v) is 13.9. The molecule has 0 nitrogen and oxygen atoms in total. The second-order valence-electron chi connectivity index (χ2n) is 8.81. The molecule has 1 aliphatic carbocycles. The van der Waals surface area contributed by atoms with Gasteiger partial charge in [0.15, 0.2) is 0 Å². The average Bonchev–Trinajstić information content (AvgIpc) is 3.59. The molecule has 0 radical (unpaired) electrons. The van der Waals surface area contributed by atoms with E-state index in [-0.39, 0.29) is 0 Å². The van der Waals surface area contributed by atoms with E-state index in [4.69, 9.17) is 0 Å². The third kappa shape index (κ3) is 6.80. The third-order valence-electron chi connectivity index (χ3n) is 6.40. The van der Waals surface area contributed by atoms with Crippen LogP contribution in [0.1, 0.15) is 44.2 Å². The summed E-state index contributed by atoms with van der Waals surface area (Å²) >= 11 is 1.46. The zero-order valence-corrected chi connectivity index (χ0v) is 23.6. The maximum Gasteiger partial charge on any atom is -0.0771 e. The summed E-state index contributed by atoms with van der Waals surface area (Å²) in [6, 6.07) is 40.4. The quantitative estimate of drug-likeness (QED) is 0.198. The number of rotatable bonds is 4. The van der Waals surface area contributed by atoms with Crippen molar-refractivity contribution in [1.29, 1.82) is 0 Å². The predicted octanol–water partition coefficient (Wildman–Crippen LogP) is 9.38. The molecule has 1 heteroatoms. The third-order valence-corrected chi connectivity index (χ3v) is 7.82. The van der Waals surface area contributed by atoms with E-state index in [1.807, 2.05) is 0 Å². The van der Waals surface area contributed by atoms with Gasteiger partial charge in [0.1, 0.15) is 0 Å². The summed E-state index contributed by atoms with van der Waals surface area (Å²) in [7, 11) is 0. The van der Waals surface area contributed by atoms with Crippen molar-refractivity contribution in [2.24, 2.45) is 0 Å². The summed E-state index contributed by atoms with van der Waals surface area (Å²) < 4.78 is 1.42. The fourth-order valence-corrected chi connectivity index (χ4v) is 5.13. The van der Waals surface area contributed by atoms with Crippen molar-refractivity contribution < 1.29 is 24.2 Å². The van der Waals surface area contributed by atoms with Crippen molar-refractivity contribution >= 4 is 24.8 Å². The van der Waals surface area contributed by atoms with Gasteiger partial charge in [-0.3, -0.25) is 6.08 Å². The molecule has 36 heavy (non-hydrogen) atoms. The van der Waals surface area contributed by atoms with Crippen molar-refractivity contribution in [1.82, 2.24) is 0 Å². The second kappa shape index (κ2) is 13.3. The largest absolute Gasteiger partial charge is 0.126 e. The Kier molecular flexibility index (Phi) is 9.65. The van der Waals surface area contributed by atoms with E-state index < -0.39 is 0 Å². The molecular weight excluding hydrogens is 512 g/mol. The fourth-order valence-electron chi connectivity index (χ4n) is 4.31. The Balaban J connectivity index is 0.000000130. The van der Waals surface area contributed by atoms with Crippen molar-refractivity contribution in [2.75, 3.05) is 0 Å². The molecule has 0 saturated heterocycles. The summed E-state index contributed by atoms with van der Waals surface area (Å²) in [6.07, 6.45) is 9.03. The molecule has 6 rings (SSSR count). The van der Waals surface area contributed by atoms with Crippen LogP contribution in [0.15, 0.2) is 132 Å². The molecule has 0 heterocycles. The van der Waals surface area contributed by atoms with E-state index in [9.17, 15) is 0 Å². The van der Waals surface area contributed by atoms with E-state index in [1.54, 1.807) is 0 Å². The maximum atomic E-state index is 3.33. The second-order valence-corrected chi connectivity index (χ2v) is 10.0. The number of benzene rings is 4. The van der Waals surface area contributed by atoms with Crippen LogP contribution < -0.4 is 0 Å². The molecule has 0 atom stereocenters. The van der Waals surface area contributed by atoms with Gasteiger partial charge >= 0.3 is 99.2 Å². The number of hydrogen-bond acceptors (Lipinski definition) is 0. The zero-order valence-electron chi connectivity index (χ0n) is 21.2. The van der Waals surface area contributed by atoms with Crippen molar-refractivity contribution in [3.8, 4) is 0 Å². The van der Waals surface area contributed by atoms with Crippen molar-refractivity contribution in [2.45, 2.75) is 33.1 Å². The van der Waals surface area contributed by atoms with Crippen LogP contribution in [0.4, 0.5) is 0 Å². The van der Waals surface area contributed by atoms with Crippen LogP contribution in [0.5, 0.6) is 0 Å². The van der Waals surface area contributed by atoms with E-state index >= 15 is 0 Å². The van der Waals surface area contributed by atoms with Gasteiger partial charge in [-0.15, -0.1) is 46.2 Å². The average molecular weight is 544 g/mol. The Morgan fingerprint density at radius 2 is 1.14 bits per heavy atom. The normalized spacial score (nSPS) is 12.2. The smallest absolute Gasteiger partial charge is 0.0771 e. The summed E-state index contributed by atoms with van der Waals surface area (Å²) in [6.45, 7) is 4.38. The molecule has 0 spiro atoms. The van der Waals surface area contributed by atoms with Crippen LogP contribution >= 0.6 is 0 Å². The first kappa shape index (κ1) is 26.1. The van der Waals surface area contributed by atoms with Gasteiger partial charge in [0.2, 0.25) is 0 Å². The minimum absolute atomic E-state index is 1.08. The first-order chi connectivity index (χ1) is 17.7. The van der Waals surface area contributed by atoms with Crippen LogP contribution in [0.25, 0.3) is 21.5 Å². The zero-order chi connectivity index (χ0) is 25.2. The molecule has 0 fully saturated rings. The van der Waals surface area contributed by atoms with Gasteiger partial charge in [-0.25, -0.2) is 11.6 Å². The Morgan fingerprint density at radius 1 is 0.667 bits per heavy atom. The molecule has 5 aromatic rings. The van der Waals surface area contributed by atoms with Gasteiger partial charge in [-0.2, -0.15) is 5.57 Å². The van der Waals surface area contributed by atoms with Crippen LogP contribution in [0.3, 0.4) is 0 Å². The first-order valence-electron chi connectivity index (χ1n) is 12.7. The number of hydrogen-bond donors (Lipinski definition) is 0. The molecule has 1 aliphatic rings. The molecular formula is C35H32Zr. The Morgan fingerprint density at radius 3 is 1.56 bits per heavy atom. The fraction of sp³-hybridized carbons (Fsp3) is 0.143. The summed E-state index contributed by atoms with van der Waals surface area (Å²) in [5.74, 6) is 0. The number of fused-ring (bicyclic) bond motifs is 3. The van der Waals surface area contributed by atoms with E-state index in [1.165, 1.54) is 77.7 Å². The molecule has 5 aromatic carbocycles. The Labute approximate surface area is 230 Å². The van der Waals surface area contributed by atoms with Crippen molar-refractivity contribution in [3.05, 3.63) is 150 Å². The summed E-state index contributed by atoms with van der Waals surface area (Å²) in [5, 5.41) is 5.39. The van der Waals surface area contributed by atoms with E-state index in [2.05, 4.69) is 141 Å². The molecule has 0 unspecified atom stereocenters. The molecule has 0 aliphatic heterocycles. The maximum absolute atomic E-state index is 3.33. The SMILES string of the molecule is CCC1=[C-]CC(CC)=C1.[Zr+2]=[C](c1ccccc1)c1ccccc1.c1ccc2c(c1)[cH-]c1ccccc12. The number of allylic oxidation sites excluding steroid dienone is 4. The summed E-state index contributed by atoms with van der Waals surface area (Å²) in [4.78, 5) is 0. The summed E-state index contributed by atoms with van der Waals surface area (Å²) in [5.41, 5.74) is 5.59. The molecule has 0 N–H and O–H groups in total. The van der Waals surface area contributed by atoms with Gasteiger partial charge in [0.05, 0.1) is 0 Å². The van der Waals surface area contributed by atoms with E-state index in [0.29, 0.717) is 0 Å². The Hall–Kier alpha value is -3.02. The minimum atomic E-state index is 1.08. The van der Waals surface area contributed by atoms with E-state index in [0.717, 1.165) is 12.8 Å². The van der Waals surface area contributed by atoms with Gasteiger partial charge in [-0.05, 0) is 0 Å². The monoisotopic (exact) mass is 542 g/mol. The van der Waals surface area contributed by atoms with Gasteiger partial charge in [-0.1, -0.05) is 63.1 Å².